The van der Waals surface area contributed by atoms with Crippen molar-refractivity contribution in [1.29, 1.82) is 0 Å². The van der Waals surface area contributed by atoms with Crippen molar-refractivity contribution in [3.63, 3.8) is 0 Å². The van der Waals surface area contributed by atoms with E-state index in [1.54, 1.807) is 6.92 Å². The number of carbonyl (C=O) groups excluding carboxylic acids is 2. The minimum absolute atomic E-state index is 0.289. The Bertz CT molecular complexity index is 293. The summed E-state index contributed by atoms with van der Waals surface area (Å²) >= 11 is 0. The molecule has 0 aromatic rings. The van der Waals surface area contributed by atoms with E-state index in [9.17, 15) is 4.79 Å². The van der Waals surface area contributed by atoms with E-state index in [1.165, 1.54) is 84.1 Å². The maximum Gasteiger partial charge on any atom is 0.129 e. The van der Waals surface area contributed by atoms with Crippen LogP contribution in [0.1, 0.15) is 173 Å². The van der Waals surface area contributed by atoms with Gasteiger partial charge in [0.1, 0.15) is 12.1 Å². The van der Waals surface area contributed by atoms with E-state index in [4.69, 9.17) is 9.90 Å². The lowest BCUT2D eigenvalue weighted by atomic mass is 10.2. The van der Waals surface area contributed by atoms with Crippen LogP contribution in [0.3, 0.4) is 0 Å². The number of rotatable bonds is 16. The zero-order valence-electron chi connectivity index (χ0n) is 27.8. The first-order valence-corrected chi connectivity index (χ1v) is 15.7. The Kier molecular flexibility index (Phi) is 101. The van der Waals surface area contributed by atoms with E-state index < -0.39 is 0 Å². The van der Waals surface area contributed by atoms with Gasteiger partial charge in [0, 0.05) is 13.0 Å². The molecule has 0 heterocycles. The molecule has 0 amide bonds. The predicted octanol–water partition coefficient (Wildman–Crippen LogP) is 10.3. The van der Waals surface area contributed by atoms with E-state index >= 15 is 0 Å². The second kappa shape index (κ2) is 70.1. The quantitative estimate of drug-likeness (QED) is 0.162. The number of nitrogens with zero attached hydrogens (tertiary/aromatic N) is 1. The van der Waals surface area contributed by atoms with Crippen molar-refractivity contribution in [2.45, 2.75) is 173 Å². The van der Waals surface area contributed by atoms with Crippen LogP contribution >= 0.6 is 0 Å². The van der Waals surface area contributed by atoms with Crippen molar-refractivity contribution in [3.05, 3.63) is 0 Å². The molecule has 0 saturated carbocycles. The third kappa shape index (κ3) is 93.3. The second-order valence-corrected chi connectivity index (χ2v) is 7.73. The van der Waals surface area contributed by atoms with E-state index in [2.05, 4.69) is 32.6 Å². The van der Waals surface area contributed by atoms with Gasteiger partial charge in [-0.3, -0.25) is 0 Å². The maximum atomic E-state index is 10.0. The van der Waals surface area contributed by atoms with Gasteiger partial charge >= 0.3 is 0 Å². The van der Waals surface area contributed by atoms with Crippen molar-refractivity contribution >= 4 is 12.1 Å². The Balaban J connectivity index is -0.0000000646. The number of carbonyl (C=O) groups is 2. The molecule has 0 aromatic heterocycles. The fourth-order valence-electron chi connectivity index (χ4n) is 2.65. The van der Waals surface area contributed by atoms with E-state index in [0.717, 1.165) is 32.2 Å². The van der Waals surface area contributed by atoms with Crippen LogP contribution in [0.4, 0.5) is 0 Å². The third-order valence-corrected chi connectivity index (χ3v) is 4.38. The average Bonchev–Trinajstić information content (AvgIpc) is 2.90. The summed E-state index contributed by atoms with van der Waals surface area (Å²) in [6.07, 6.45) is 17.3. The van der Waals surface area contributed by atoms with Gasteiger partial charge in [0.25, 0.3) is 0 Å². The zero-order valence-corrected chi connectivity index (χ0v) is 27.8. The van der Waals surface area contributed by atoms with E-state index in [-0.39, 0.29) is 5.78 Å². The molecule has 0 bridgehead atoms. The maximum absolute atomic E-state index is 10.0. The zero-order chi connectivity index (χ0) is 29.9. The highest BCUT2D eigenvalue weighted by atomic mass is 16.3. The van der Waals surface area contributed by atoms with Gasteiger partial charge in [-0.2, -0.15) is 0 Å². The Hall–Kier alpha value is -0.740. The fourth-order valence-corrected chi connectivity index (χ4v) is 2.65. The van der Waals surface area contributed by atoms with Crippen LogP contribution in [-0.4, -0.2) is 48.3 Å². The fraction of sp³-hybridized carbons (Fsp3) is 0.938. The monoisotopic (exact) mass is 522 g/mol. The summed E-state index contributed by atoms with van der Waals surface area (Å²) in [5.41, 5.74) is 0. The first kappa shape index (κ1) is 51.8. The highest BCUT2D eigenvalue weighted by Crippen LogP contribution is 2.02. The van der Waals surface area contributed by atoms with Crippen LogP contribution in [0.2, 0.25) is 0 Å². The van der Waals surface area contributed by atoms with Crippen molar-refractivity contribution in [2.75, 3.05) is 26.2 Å². The molecule has 4 nitrogen and oxygen atoms in total. The molecule has 0 aliphatic heterocycles. The van der Waals surface area contributed by atoms with Crippen LogP contribution in [0.25, 0.3) is 0 Å². The Labute approximate surface area is 231 Å². The lowest BCUT2D eigenvalue weighted by Crippen LogP contribution is -2.29. The second-order valence-electron chi connectivity index (χ2n) is 7.73. The first-order valence-electron chi connectivity index (χ1n) is 15.7. The summed E-state index contributed by atoms with van der Waals surface area (Å²) in [6.45, 7) is 29.5. The average molecular weight is 522 g/mol. The largest absolute Gasteiger partial charge is 0.395 e. The number of ketones is 1. The van der Waals surface area contributed by atoms with Crippen molar-refractivity contribution < 1.29 is 14.7 Å². The molecule has 0 aliphatic carbocycles. The number of hydrogen-bond acceptors (Lipinski definition) is 4. The third-order valence-electron chi connectivity index (χ3n) is 4.38. The highest BCUT2D eigenvalue weighted by Gasteiger charge is 2.02. The smallest absolute Gasteiger partial charge is 0.129 e. The summed E-state index contributed by atoms with van der Waals surface area (Å²) in [5.74, 6) is 0.289. The number of aliphatic hydroxyl groups excluding tert-OH is 1. The molecule has 0 rings (SSSR count). The van der Waals surface area contributed by atoms with Gasteiger partial charge in [0.15, 0.2) is 0 Å². The standard InChI is InChI=1S/C12H27NO.C7H16.C5H10O.C2H4O.3C2H6/c1-3-5-7-8-10-13(11-12-14)9-6-4-2;1-3-5-7-6-4-2;1-3-4-5(2)6;1-2-3;3*1-2/h14H,3-12H2,1-2H3;3-7H2,1-2H3;3-4H2,1-2H3;2H,1H3;3*1-2H3. The molecule has 0 radical (unpaired) electrons. The Morgan fingerprint density at radius 1 is 0.611 bits per heavy atom. The number of Topliss-reactive ketones (excluding diaryl/α,β-unsaturated/α-hetero) is 1. The van der Waals surface area contributed by atoms with Crippen LogP contribution in [0.15, 0.2) is 0 Å². The number of aldehydes is 1. The van der Waals surface area contributed by atoms with E-state index in [0.29, 0.717) is 6.61 Å². The lowest BCUT2D eigenvalue weighted by molar-refractivity contribution is -0.117. The van der Waals surface area contributed by atoms with Crippen LogP contribution < -0.4 is 0 Å². The molecule has 4 heteroatoms. The highest BCUT2D eigenvalue weighted by molar-refractivity contribution is 5.75. The summed E-state index contributed by atoms with van der Waals surface area (Å²) in [4.78, 5) is 21.2. The molecule has 0 spiro atoms. The molecule has 0 aliphatic rings. The van der Waals surface area contributed by atoms with Crippen LogP contribution in [0.5, 0.6) is 0 Å². The normalized spacial score (nSPS) is 8.42. The number of unbranched alkanes of at least 4 members (excludes halogenated alkanes) is 8. The van der Waals surface area contributed by atoms with Gasteiger partial charge in [-0.1, -0.05) is 134 Å². The van der Waals surface area contributed by atoms with Crippen LogP contribution in [-0.2, 0) is 9.59 Å². The van der Waals surface area contributed by atoms with Crippen LogP contribution in [0, 0.1) is 0 Å². The minimum Gasteiger partial charge on any atom is -0.395 e. The molecule has 0 aromatic carbocycles. The molecule has 0 fully saturated rings. The molecule has 36 heavy (non-hydrogen) atoms. The van der Waals surface area contributed by atoms with Gasteiger partial charge in [0.05, 0.1) is 6.61 Å². The molecular formula is C32H75NO3. The molecule has 0 unspecified atom stereocenters. The summed E-state index contributed by atoms with van der Waals surface area (Å²) in [5, 5.41) is 8.90. The predicted molar refractivity (Wildman–Crippen MR) is 168 cm³/mol. The first-order chi connectivity index (χ1) is 17.4. The molecular weight excluding hydrogens is 446 g/mol. The molecule has 226 valence electrons. The van der Waals surface area contributed by atoms with Gasteiger partial charge in [-0.05, 0) is 46.2 Å². The summed E-state index contributed by atoms with van der Waals surface area (Å²) in [6, 6.07) is 0. The van der Waals surface area contributed by atoms with Gasteiger partial charge < -0.3 is 19.6 Å². The van der Waals surface area contributed by atoms with E-state index in [1.807, 2.05) is 48.5 Å². The summed E-state index contributed by atoms with van der Waals surface area (Å²) < 4.78 is 0. The Morgan fingerprint density at radius 2 is 0.944 bits per heavy atom. The van der Waals surface area contributed by atoms with Gasteiger partial charge in [-0.25, -0.2) is 0 Å². The van der Waals surface area contributed by atoms with Gasteiger partial charge in [0.2, 0.25) is 0 Å². The number of hydrogen-bond donors (Lipinski definition) is 1. The van der Waals surface area contributed by atoms with Crippen molar-refractivity contribution in [2.24, 2.45) is 0 Å². The number of aliphatic hydroxyl groups is 1. The van der Waals surface area contributed by atoms with Crippen molar-refractivity contribution in [3.8, 4) is 0 Å². The molecule has 1 N–H and O–H groups in total. The van der Waals surface area contributed by atoms with Gasteiger partial charge in [-0.15, -0.1) is 0 Å². The minimum atomic E-state index is 0.289. The summed E-state index contributed by atoms with van der Waals surface area (Å²) in [7, 11) is 0. The Morgan fingerprint density at radius 3 is 1.19 bits per heavy atom. The molecule has 0 saturated heterocycles. The topological polar surface area (TPSA) is 57.6 Å². The lowest BCUT2D eigenvalue weighted by Gasteiger charge is -2.20. The van der Waals surface area contributed by atoms with Crippen molar-refractivity contribution in [1.82, 2.24) is 4.90 Å². The molecule has 0 atom stereocenters. The SMILES string of the molecule is CC.CC.CC.CC=O.CCCC(C)=O.CCCCCCC.CCCCCCN(CCO)CCCC.